The fraction of sp³-hybridized carbons (Fsp3) is 0.765. The number of guanidine groups is 1. The molecule has 0 aliphatic carbocycles. The number of nitrogens with one attached hydrogen (secondary N) is 2. The van der Waals surface area contributed by atoms with Gasteiger partial charge in [-0.15, -0.1) is 24.0 Å². The van der Waals surface area contributed by atoms with Crippen molar-refractivity contribution in [2.45, 2.75) is 39.7 Å². The summed E-state index contributed by atoms with van der Waals surface area (Å²) in [5, 5.41) is 11.1. The van der Waals surface area contributed by atoms with Crippen molar-refractivity contribution in [2.24, 2.45) is 4.99 Å². The molecule has 0 aliphatic heterocycles. The van der Waals surface area contributed by atoms with E-state index in [1.165, 1.54) is 5.69 Å². The van der Waals surface area contributed by atoms with Crippen LogP contribution in [0.2, 0.25) is 0 Å². The molecule has 0 atom stereocenters. The Balaban J connectivity index is 0.00000576. The maximum absolute atomic E-state index is 5.43. The monoisotopic (exact) mass is 467 g/mol. The molecule has 0 unspecified atom stereocenters. The summed E-state index contributed by atoms with van der Waals surface area (Å²) in [6, 6.07) is 2.10. The van der Waals surface area contributed by atoms with Gasteiger partial charge in [0.1, 0.15) is 0 Å². The quantitative estimate of drug-likeness (QED) is 0.213. The van der Waals surface area contributed by atoms with Crippen LogP contribution in [-0.4, -0.2) is 62.8 Å². The molecule has 7 nitrogen and oxygen atoms in total. The lowest BCUT2D eigenvalue weighted by molar-refractivity contribution is 0.0689. The summed E-state index contributed by atoms with van der Waals surface area (Å²) in [7, 11) is 3.48. The smallest absolute Gasteiger partial charge is 0.190 e. The summed E-state index contributed by atoms with van der Waals surface area (Å²) in [6.45, 7) is 8.91. The molecule has 2 N–H and O–H groups in total. The second kappa shape index (κ2) is 15.4. The fourth-order valence-corrected chi connectivity index (χ4v) is 2.34. The van der Waals surface area contributed by atoms with Crippen molar-refractivity contribution in [3.05, 3.63) is 17.5 Å². The van der Waals surface area contributed by atoms with E-state index in [0.717, 1.165) is 57.2 Å². The lowest BCUT2D eigenvalue weighted by atomic mass is 10.3. The van der Waals surface area contributed by atoms with Gasteiger partial charge < -0.3 is 20.1 Å². The van der Waals surface area contributed by atoms with Crippen LogP contribution in [0.15, 0.2) is 11.1 Å². The topological polar surface area (TPSA) is 72.7 Å². The van der Waals surface area contributed by atoms with Crippen LogP contribution < -0.4 is 10.6 Å². The average molecular weight is 467 g/mol. The number of aliphatic imine (C=N–C) groups is 1. The molecular weight excluding hydrogens is 433 g/mol. The Labute approximate surface area is 169 Å². The summed E-state index contributed by atoms with van der Waals surface area (Å²) in [4.78, 5) is 4.24. The van der Waals surface area contributed by atoms with E-state index in [0.29, 0.717) is 13.2 Å². The number of unbranched alkanes of at least 4 members (excludes halogenated alkanes) is 1. The molecule has 0 bridgehead atoms. The zero-order valence-corrected chi connectivity index (χ0v) is 18.3. The summed E-state index contributed by atoms with van der Waals surface area (Å²) in [5.41, 5.74) is 2.28. The first-order valence-electron chi connectivity index (χ1n) is 8.69. The molecule has 1 heterocycles. The van der Waals surface area contributed by atoms with E-state index in [1.54, 1.807) is 14.2 Å². The third-order valence-corrected chi connectivity index (χ3v) is 3.61. The number of hydrogen-bond donors (Lipinski definition) is 2. The molecule has 1 rings (SSSR count). The van der Waals surface area contributed by atoms with Crippen molar-refractivity contribution >= 4 is 29.9 Å². The molecular formula is C17H34IN5O2. The van der Waals surface area contributed by atoms with Crippen LogP contribution in [0.3, 0.4) is 0 Å². The van der Waals surface area contributed by atoms with Gasteiger partial charge >= 0.3 is 0 Å². The summed E-state index contributed by atoms with van der Waals surface area (Å²) in [6.07, 6.45) is 3.10. The molecule has 0 radical (unpaired) electrons. The number of nitrogens with zero attached hydrogens (tertiary/aromatic N) is 3. The molecule has 0 aromatic carbocycles. The number of aryl methyl sites for hydroxylation is 3. The summed E-state index contributed by atoms with van der Waals surface area (Å²) >= 11 is 0. The third-order valence-electron chi connectivity index (χ3n) is 3.61. The Morgan fingerprint density at radius 2 is 1.84 bits per heavy atom. The second-order valence-corrected chi connectivity index (χ2v) is 5.74. The lowest BCUT2D eigenvalue weighted by Crippen LogP contribution is -2.38. The zero-order chi connectivity index (χ0) is 17.6. The van der Waals surface area contributed by atoms with E-state index in [9.17, 15) is 0 Å². The lowest BCUT2D eigenvalue weighted by Gasteiger charge is -2.12. The number of ether oxygens (including phenoxy) is 2. The molecule has 1 aromatic heterocycles. The molecule has 0 spiro atoms. The van der Waals surface area contributed by atoms with Crippen LogP contribution in [0.25, 0.3) is 0 Å². The maximum Gasteiger partial charge on any atom is 0.190 e. The minimum atomic E-state index is 0. The zero-order valence-electron chi connectivity index (χ0n) is 16.0. The highest BCUT2D eigenvalue weighted by atomic mass is 127. The van der Waals surface area contributed by atoms with Crippen molar-refractivity contribution in [3.63, 3.8) is 0 Å². The van der Waals surface area contributed by atoms with Crippen LogP contribution in [0.1, 0.15) is 30.7 Å². The molecule has 0 fully saturated rings. The first kappa shape index (κ1) is 24.1. The molecule has 0 aliphatic rings. The SMILES string of the molecule is CN=C(NCCCCOCCOC)NCCCn1nc(C)cc1C.I. The maximum atomic E-state index is 5.43. The summed E-state index contributed by atoms with van der Waals surface area (Å²) in [5.74, 6) is 0.851. The first-order valence-corrected chi connectivity index (χ1v) is 8.69. The van der Waals surface area contributed by atoms with E-state index in [2.05, 4.69) is 38.4 Å². The largest absolute Gasteiger partial charge is 0.382 e. The number of rotatable bonds is 12. The van der Waals surface area contributed by atoms with E-state index in [-0.39, 0.29) is 24.0 Å². The van der Waals surface area contributed by atoms with Crippen molar-refractivity contribution in [2.75, 3.05) is 47.1 Å². The van der Waals surface area contributed by atoms with Gasteiger partial charge in [0.25, 0.3) is 0 Å². The summed E-state index contributed by atoms with van der Waals surface area (Å²) < 4.78 is 12.4. The second-order valence-electron chi connectivity index (χ2n) is 5.74. The van der Waals surface area contributed by atoms with Crippen LogP contribution in [0.5, 0.6) is 0 Å². The molecule has 0 saturated carbocycles. The highest BCUT2D eigenvalue weighted by molar-refractivity contribution is 14.0. The van der Waals surface area contributed by atoms with Crippen LogP contribution >= 0.6 is 24.0 Å². The minimum absolute atomic E-state index is 0. The Kier molecular flexibility index (Phi) is 14.9. The van der Waals surface area contributed by atoms with Crippen molar-refractivity contribution < 1.29 is 9.47 Å². The van der Waals surface area contributed by atoms with E-state index in [1.807, 2.05) is 6.92 Å². The standard InChI is InChI=1S/C17H33N5O2.HI/c1-15-14-16(2)22(21-15)10-7-9-20-17(18-3)19-8-5-6-11-24-13-12-23-4;/h14H,5-13H2,1-4H3,(H2,18,19,20);1H. The van der Waals surface area contributed by atoms with Gasteiger partial charge in [-0.25, -0.2) is 0 Å². The van der Waals surface area contributed by atoms with Gasteiger partial charge in [-0.3, -0.25) is 9.67 Å². The Morgan fingerprint density at radius 3 is 2.44 bits per heavy atom. The molecule has 25 heavy (non-hydrogen) atoms. The van der Waals surface area contributed by atoms with Gasteiger partial charge in [-0.2, -0.15) is 5.10 Å². The predicted molar refractivity (Wildman–Crippen MR) is 113 cm³/mol. The van der Waals surface area contributed by atoms with Crippen LogP contribution in [0.4, 0.5) is 0 Å². The van der Waals surface area contributed by atoms with Crippen molar-refractivity contribution in [3.8, 4) is 0 Å². The van der Waals surface area contributed by atoms with Crippen LogP contribution in [0, 0.1) is 13.8 Å². The van der Waals surface area contributed by atoms with Crippen molar-refractivity contribution in [1.29, 1.82) is 0 Å². The Bertz CT molecular complexity index is 480. The Morgan fingerprint density at radius 1 is 1.12 bits per heavy atom. The predicted octanol–water partition coefficient (Wildman–Crippen LogP) is 2.12. The van der Waals surface area contributed by atoms with E-state index >= 15 is 0 Å². The number of hydrogen-bond acceptors (Lipinski definition) is 4. The van der Waals surface area contributed by atoms with Gasteiger partial charge in [-0.1, -0.05) is 0 Å². The molecule has 1 aromatic rings. The normalized spacial score (nSPS) is 11.3. The Hall–Kier alpha value is -0.870. The third kappa shape index (κ3) is 11.4. The molecule has 0 amide bonds. The van der Waals surface area contributed by atoms with E-state index < -0.39 is 0 Å². The van der Waals surface area contributed by atoms with Gasteiger partial charge in [-0.05, 0) is 39.2 Å². The first-order chi connectivity index (χ1) is 11.7. The average Bonchev–Trinajstić information content (AvgIpc) is 2.89. The highest BCUT2D eigenvalue weighted by Crippen LogP contribution is 2.02. The minimum Gasteiger partial charge on any atom is -0.382 e. The van der Waals surface area contributed by atoms with Gasteiger partial charge in [0.05, 0.1) is 18.9 Å². The number of aromatic nitrogens is 2. The number of halogens is 1. The highest BCUT2D eigenvalue weighted by Gasteiger charge is 2.01. The van der Waals surface area contributed by atoms with Gasteiger partial charge in [0, 0.05) is 46.1 Å². The van der Waals surface area contributed by atoms with Gasteiger partial charge in [0.2, 0.25) is 0 Å². The molecule has 8 heteroatoms. The molecule has 146 valence electrons. The molecule has 0 saturated heterocycles. The van der Waals surface area contributed by atoms with Gasteiger partial charge in [0.15, 0.2) is 5.96 Å². The van der Waals surface area contributed by atoms with E-state index in [4.69, 9.17) is 9.47 Å². The number of methoxy groups -OCH3 is 1. The van der Waals surface area contributed by atoms with Crippen molar-refractivity contribution in [1.82, 2.24) is 20.4 Å². The van der Waals surface area contributed by atoms with Crippen LogP contribution in [-0.2, 0) is 16.0 Å². The fourth-order valence-electron chi connectivity index (χ4n) is 2.34.